The summed E-state index contributed by atoms with van der Waals surface area (Å²) in [6.07, 6.45) is 61.3. The van der Waals surface area contributed by atoms with Crippen molar-refractivity contribution in [3.8, 4) is 0 Å². The third-order valence-corrected chi connectivity index (χ3v) is 15.3. The van der Waals surface area contributed by atoms with Crippen molar-refractivity contribution in [2.75, 3.05) is 26.4 Å². The van der Waals surface area contributed by atoms with E-state index in [4.69, 9.17) is 23.3 Å². The number of hydrogen-bond donors (Lipinski definition) is 2. The molecule has 2 N–H and O–H groups in total. The van der Waals surface area contributed by atoms with Gasteiger partial charge in [0.25, 0.3) is 0 Å². The van der Waals surface area contributed by atoms with E-state index in [9.17, 15) is 28.9 Å². The maximum Gasteiger partial charge on any atom is 0.472 e. The average molecular weight is 1100 g/mol. The fourth-order valence-electron chi connectivity index (χ4n) is 9.45. The van der Waals surface area contributed by atoms with Crippen LogP contribution in [0.15, 0.2) is 24.3 Å². The molecule has 11 nitrogen and oxygen atoms in total. The van der Waals surface area contributed by atoms with Crippen molar-refractivity contribution in [2.24, 2.45) is 0 Å². The quantitative estimate of drug-likeness (QED) is 0.0197. The van der Waals surface area contributed by atoms with Crippen LogP contribution in [0.2, 0.25) is 0 Å². The summed E-state index contributed by atoms with van der Waals surface area (Å²) in [4.78, 5) is 48.7. The van der Waals surface area contributed by atoms with E-state index in [1.165, 1.54) is 199 Å². The zero-order valence-electron chi connectivity index (χ0n) is 49.7. The summed E-state index contributed by atoms with van der Waals surface area (Å²) in [6, 6.07) is 0. The maximum absolute atomic E-state index is 13.0. The number of unbranched alkanes of at least 4 members (excludes halogenated alkanes) is 40. The molecule has 0 heterocycles. The highest BCUT2D eigenvalue weighted by molar-refractivity contribution is 7.47. The van der Waals surface area contributed by atoms with Gasteiger partial charge < -0.3 is 24.2 Å². The Morgan fingerprint density at radius 3 is 1.00 bits per heavy atom. The number of ether oxygens (including phenoxy) is 3. The first-order chi connectivity index (χ1) is 37.2. The van der Waals surface area contributed by atoms with Gasteiger partial charge in [-0.05, 0) is 51.4 Å². The lowest BCUT2D eigenvalue weighted by atomic mass is 10.0. The van der Waals surface area contributed by atoms with E-state index in [0.29, 0.717) is 19.3 Å². The predicted molar refractivity (Wildman–Crippen MR) is 316 cm³/mol. The van der Waals surface area contributed by atoms with Crippen LogP contribution in [0.3, 0.4) is 0 Å². The first-order valence-electron chi connectivity index (χ1n) is 32.2. The van der Waals surface area contributed by atoms with Gasteiger partial charge in [0, 0.05) is 19.3 Å². The highest BCUT2D eigenvalue weighted by Gasteiger charge is 2.28. The van der Waals surface area contributed by atoms with Crippen LogP contribution < -0.4 is 0 Å². The number of phosphoric acid groups is 1. The smallest absolute Gasteiger partial charge is 0.462 e. The molecule has 0 aliphatic heterocycles. The summed E-state index contributed by atoms with van der Waals surface area (Å²) in [5, 5.41) is 9.82. The van der Waals surface area contributed by atoms with E-state index in [0.717, 1.165) is 70.6 Å². The van der Waals surface area contributed by atoms with Crippen molar-refractivity contribution >= 4 is 25.7 Å². The Morgan fingerprint density at radius 2 is 0.645 bits per heavy atom. The van der Waals surface area contributed by atoms with Crippen molar-refractivity contribution < 1.29 is 52.2 Å². The van der Waals surface area contributed by atoms with Gasteiger partial charge in [-0.15, -0.1) is 0 Å². The highest BCUT2D eigenvalue weighted by atomic mass is 31.2. The molecule has 448 valence electrons. The van der Waals surface area contributed by atoms with Gasteiger partial charge in [-0.3, -0.25) is 23.4 Å². The number of esters is 3. The van der Waals surface area contributed by atoms with Gasteiger partial charge in [-0.1, -0.05) is 283 Å². The second-order valence-electron chi connectivity index (χ2n) is 21.9. The average Bonchev–Trinajstić information content (AvgIpc) is 3.41. The molecule has 0 saturated carbocycles. The Labute approximate surface area is 468 Å². The molecule has 3 unspecified atom stereocenters. The molecule has 0 fully saturated rings. The van der Waals surface area contributed by atoms with Gasteiger partial charge in [0.15, 0.2) is 6.10 Å². The Hall–Kier alpha value is -2.04. The van der Waals surface area contributed by atoms with Crippen molar-refractivity contribution in [2.45, 2.75) is 341 Å². The Bertz CT molecular complexity index is 1370. The largest absolute Gasteiger partial charge is 0.472 e. The van der Waals surface area contributed by atoms with E-state index >= 15 is 0 Å². The minimum absolute atomic E-state index is 0.175. The van der Waals surface area contributed by atoms with Crippen LogP contribution in [-0.2, 0) is 42.2 Å². The molecule has 0 spiro atoms. The molecule has 0 bridgehead atoms. The van der Waals surface area contributed by atoms with Gasteiger partial charge >= 0.3 is 25.7 Å². The summed E-state index contributed by atoms with van der Waals surface area (Å²) < 4.78 is 39.7. The molecule has 0 saturated heterocycles. The van der Waals surface area contributed by atoms with Gasteiger partial charge in [0.1, 0.15) is 12.7 Å². The van der Waals surface area contributed by atoms with Crippen molar-refractivity contribution in [3.05, 3.63) is 24.3 Å². The first-order valence-corrected chi connectivity index (χ1v) is 33.7. The zero-order valence-corrected chi connectivity index (χ0v) is 50.6. The topological polar surface area (TPSA) is 155 Å². The van der Waals surface area contributed by atoms with Crippen LogP contribution in [0, 0.1) is 0 Å². The van der Waals surface area contributed by atoms with Gasteiger partial charge in [0.2, 0.25) is 0 Å². The van der Waals surface area contributed by atoms with E-state index < -0.39 is 57.8 Å². The number of carbonyl (C=O) groups excluding carboxylic acids is 3. The minimum atomic E-state index is -4.74. The lowest BCUT2D eigenvalue weighted by Gasteiger charge is -2.21. The summed E-state index contributed by atoms with van der Waals surface area (Å²) in [6.45, 7) is 4.68. The molecular formula is C64H121O11P. The summed E-state index contributed by atoms with van der Waals surface area (Å²) >= 11 is 0. The van der Waals surface area contributed by atoms with E-state index in [1.807, 2.05) is 0 Å². The van der Waals surface area contributed by atoms with Crippen LogP contribution in [-0.4, -0.2) is 66.5 Å². The third kappa shape index (κ3) is 56.7. The standard InChI is InChI=1S/C64H121O11P/c1-4-7-10-13-16-19-22-24-26-28-30-32-34-36-39-41-44-47-50-53-62(66)71-57-61(75-64(68)55-52-49-46-43-40-37-35-33-31-29-27-25-23-20-17-14-11-8-5-2)59-73-76(69,70)72-58-60(56-65)74-63(67)54-51-48-45-42-38-21-18-15-12-9-6-3/h16,19,24,26,60-61,65H,4-15,17-18,20-23,25,27-59H2,1-3H3,(H,69,70)/b19-16-,26-24-. The minimum Gasteiger partial charge on any atom is -0.462 e. The molecule has 12 heteroatoms. The van der Waals surface area contributed by atoms with Crippen LogP contribution >= 0.6 is 7.82 Å². The number of hydrogen-bond acceptors (Lipinski definition) is 10. The Morgan fingerprint density at radius 1 is 0.368 bits per heavy atom. The molecule has 0 amide bonds. The third-order valence-electron chi connectivity index (χ3n) is 14.4. The molecule has 3 atom stereocenters. The SMILES string of the molecule is CCCCC/C=C\C/C=C\CCCCCCCCCCCC(=O)OCC(COP(=O)(O)OCC(CO)OC(=O)CCCCCCCCCCCCC)OC(=O)CCCCCCCCCCCCCCCCCCCCC. The maximum atomic E-state index is 13.0. The fraction of sp³-hybridized carbons (Fsp3) is 0.891. The van der Waals surface area contributed by atoms with Crippen molar-refractivity contribution in [3.63, 3.8) is 0 Å². The van der Waals surface area contributed by atoms with E-state index in [2.05, 4.69) is 45.1 Å². The molecule has 76 heavy (non-hydrogen) atoms. The van der Waals surface area contributed by atoms with Crippen LogP contribution in [0.1, 0.15) is 329 Å². The number of phosphoric ester groups is 1. The summed E-state index contributed by atoms with van der Waals surface area (Å²) in [5.74, 6) is -1.44. The Kier molecular flexibility index (Phi) is 57.5. The second-order valence-corrected chi connectivity index (χ2v) is 23.4. The molecule has 0 aliphatic rings. The van der Waals surface area contributed by atoms with Crippen molar-refractivity contribution in [1.82, 2.24) is 0 Å². The number of aliphatic hydroxyl groups is 1. The molecule has 0 aromatic carbocycles. The fourth-order valence-corrected chi connectivity index (χ4v) is 10.2. The monoisotopic (exact) mass is 1100 g/mol. The lowest BCUT2D eigenvalue weighted by molar-refractivity contribution is -0.161. The zero-order chi connectivity index (χ0) is 55.5. The number of aliphatic hydroxyl groups excluding tert-OH is 1. The van der Waals surface area contributed by atoms with Gasteiger partial charge in [0.05, 0.1) is 19.8 Å². The van der Waals surface area contributed by atoms with E-state index in [1.54, 1.807) is 0 Å². The molecule has 0 aliphatic carbocycles. The number of allylic oxidation sites excluding steroid dienone is 4. The summed E-state index contributed by atoms with van der Waals surface area (Å²) in [5.41, 5.74) is 0. The Balaban J connectivity index is 4.65. The molecule has 0 radical (unpaired) electrons. The van der Waals surface area contributed by atoms with Crippen LogP contribution in [0.4, 0.5) is 0 Å². The van der Waals surface area contributed by atoms with E-state index in [-0.39, 0.29) is 25.9 Å². The second kappa shape index (κ2) is 59.1. The number of carbonyl (C=O) groups is 3. The molecule has 0 aromatic rings. The highest BCUT2D eigenvalue weighted by Crippen LogP contribution is 2.43. The number of rotatable bonds is 61. The summed E-state index contributed by atoms with van der Waals surface area (Å²) in [7, 11) is -4.74. The molecule has 0 aromatic heterocycles. The van der Waals surface area contributed by atoms with Gasteiger partial charge in [-0.25, -0.2) is 4.57 Å². The lowest BCUT2D eigenvalue weighted by Crippen LogP contribution is -2.30. The normalized spacial score (nSPS) is 13.4. The molecule has 0 rings (SSSR count). The van der Waals surface area contributed by atoms with Gasteiger partial charge in [-0.2, -0.15) is 0 Å². The predicted octanol–water partition coefficient (Wildman–Crippen LogP) is 19.4. The first kappa shape index (κ1) is 74.0. The molecular weight excluding hydrogens is 976 g/mol. The van der Waals surface area contributed by atoms with Crippen LogP contribution in [0.25, 0.3) is 0 Å². The van der Waals surface area contributed by atoms with Crippen LogP contribution in [0.5, 0.6) is 0 Å². The van der Waals surface area contributed by atoms with Crippen molar-refractivity contribution in [1.29, 1.82) is 0 Å².